The SMILES string of the molecule is O=S(=O)(O)C(F)(F)C(F)CCCCCC(F)(F)F. The van der Waals surface area contributed by atoms with E-state index in [1.807, 2.05) is 0 Å². The van der Waals surface area contributed by atoms with Crippen molar-refractivity contribution < 1.29 is 39.3 Å². The Hall–Kier alpha value is -0.510. The van der Waals surface area contributed by atoms with Crippen LogP contribution in [0.1, 0.15) is 32.1 Å². The monoisotopic (exact) mass is 302 g/mol. The number of hydrogen-bond donors (Lipinski definition) is 1. The molecule has 0 saturated heterocycles. The van der Waals surface area contributed by atoms with Gasteiger partial charge >= 0.3 is 21.5 Å². The van der Waals surface area contributed by atoms with Crippen molar-refractivity contribution in [2.45, 2.75) is 49.7 Å². The Bertz CT molecular complexity index is 350. The van der Waals surface area contributed by atoms with Crippen molar-refractivity contribution >= 4 is 10.1 Å². The topological polar surface area (TPSA) is 54.4 Å². The van der Waals surface area contributed by atoms with E-state index in [1.54, 1.807) is 0 Å². The molecule has 0 aromatic carbocycles. The van der Waals surface area contributed by atoms with Crippen LogP contribution in [0.5, 0.6) is 0 Å². The normalized spacial score (nSPS) is 15.7. The minimum absolute atomic E-state index is 0.165. The highest BCUT2D eigenvalue weighted by Gasteiger charge is 2.52. The van der Waals surface area contributed by atoms with Crippen LogP contribution in [0.4, 0.5) is 26.3 Å². The van der Waals surface area contributed by atoms with Crippen LogP contribution in [-0.2, 0) is 10.1 Å². The van der Waals surface area contributed by atoms with Crippen LogP contribution in [0.2, 0.25) is 0 Å². The second-order valence-electron chi connectivity index (χ2n) is 3.72. The average Bonchev–Trinajstić information content (AvgIpc) is 2.13. The van der Waals surface area contributed by atoms with Gasteiger partial charge in [-0.15, -0.1) is 0 Å². The summed E-state index contributed by atoms with van der Waals surface area (Å²) in [4.78, 5) is 0. The van der Waals surface area contributed by atoms with Crippen LogP contribution in [0.25, 0.3) is 0 Å². The van der Waals surface area contributed by atoms with Crippen LogP contribution in [-0.4, -0.2) is 30.6 Å². The van der Waals surface area contributed by atoms with E-state index in [0.29, 0.717) is 0 Å². The molecular formula is C8H12F6O3S. The third kappa shape index (κ3) is 5.89. The molecule has 0 radical (unpaired) electrons. The predicted molar refractivity (Wildman–Crippen MR) is 50.5 cm³/mol. The van der Waals surface area contributed by atoms with E-state index in [4.69, 9.17) is 4.55 Å². The first-order chi connectivity index (χ1) is 7.88. The van der Waals surface area contributed by atoms with Crippen molar-refractivity contribution in [1.29, 1.82) is 0 Å². The fraction of sp³-hybridized carbons (Fsp3) is 1.00. The molecule has 1 atom stereocenters. The van der Waals surface area contributed by atoms with E-state index in [-0.39, 0.29) is 19.3 Å². The third-order valence-corrected chi connectivity index (χ3v) is 3.07. The van der Waals surface area contributed by atoms with E-state index in [2.05, 4.69) is 0 Å². The first kappa shape index (κ1) is 17.5. The van der Waals surface area contributed by atoms with Gasteiger partial charge in [0.25, 0.3) is 0 Å². The number of unbranched alkanes of at least 4 members (excludes halogenated alkanes) is 2. The zero-order valence-corrected chi connectivity index (χ0v) is 9.87. The summed E-state index contributed by atoms with van der Waals surface area (Å²) in [5, 5.41) is -4.93. The Morgan fingerprint density at radius 2 is 1.50 bits per heavy atom. The molecule has 18 heavy (non-hydrogen) atoms. The van der Waals surface area contributed by atoms with Gasteiger partial charge in [-0.2, -0.15) is 30.4 Å². The van der Waals surface area contributed by atoms with Gasteiger partial charge in [0.2, 0.25) is 0 Å². The van der Waals surface area contributed by atoms with E-state index in [1.165, 1.54) is 0 Å². The molecule has 0 fully saturated rings. The molecule has 0 aliphatic heterocycles. The van der Waals surface area contributed by atoms with Gasteiger partial charge in [0.15, 0.2) is 6.17 Å². The second-order valence-corrected chi connectivity index (χ2v) is 5.21. The maximum absolute atomic E-state index is 12.8. The van der Waals surface area contributed by atoms with Crippen molar-refractivity contribution in [3.63, 3.8) is 0 Å². The number of hydrogen-bond acceptors (Lipinski definition) is 2. The third-order valence-electron chi connectivity index (χ3n) is 2.13. The lowest BCUT2D eigenvalue weighted by molar-refractivity contribution is -0.135. The summed E-state index contributed by atoms with van der Waals surface area (Å²) in [6.45, 7) is 0. The van der Waals surface area contributed by atoms with Crippen molar-refractivity contribution in [1.82, 2.24) is 0 Å². The number of alkyl halides is 6. The van der Waals surface area contributed by atoms with Gasteiger partial charge in [-0.1, -0.05) is 12.8 Å². The zero-order valence-electron chi connectivity index (χ0n) is 9.05. The smallest absolute Gasteiger partial charge is 0.281 e. The molecule has 0 aromatic heterocycles. The predicted octanol–water partition coefficient (Wildman–Crippen LogP) is 3.32. The Morgan fingerprint density at radius 1 is 1.00 bits per heavy atom. The van der Waals surface area contributed by atoms with Gasteiger partial charge in [-0.25, -0.2) is 4.39 Å². The van der Waals surface area contributed by atoms with Crippen LogP contribution in [0, 0.1) is 0 Å². The summed E-state index contributed by atoms with van der Waals surface area (Å²) in [6, 6.07) is 0. The largest absolute Gasteiger partial charge is 0.400 e. The van der Waals surface area contributed by atoms with Crippen LogP contribution < -0.4 is 0 Å². The molecule has 0 aromatic rings. The summed E-state index contributed by atoms with van der Waals surface area (Å²) >= 11 is 0. The highest BCUT2D eigenvalue weighted by molar-refractivity contribution is 7.86. The molecule has 110 valence electrons. The summed E-state index contributed by atoms with van der Waals surface area (Å²) in [5.74, 6) is 0. The van der Waals surface area contributed by atoms with Crippen LogP contribution in [0.3, 0.4) is 0 Å². The Labute approximate surface area is 99.9 Å². The number of halogens is 6. The van der Waals surface area contributed by atoms with Gasteiger partial charge in [0.05, 0.1) is 0 Å². The van der Waals surface area contributed by atoms with E-state index in [0.717, 1.165) is 0 Å². The quantitative estimate of drug-likeness (QED) is 0.446. The van der Waals surface area contributed by atoms with E-state index < -0.39 is 40.6 Å². The molecule has 0 spiro atoms. The molecule has 0 rings (SSSR count). The molecule has 1 unspecified atom stereocenters. The summed E-state index contributed by atoms with van der Waals surface area (Å²) in [5.41, 5.74) is 0. The lowest BCUT2D eigenvalue weighted by atomic mass is 10.1. The molecular weight excluding hydrogens is 290 g/mol. The van der Waals surface area contributed by atoms with Crippen LogP contribution in [0.15, 0.2) is 0 Å². The fourth-order valence-corrected chi connectivity index (χ4v) is 1.60. The molecule has 0 bridgehead atoms. The van der Waals surface area contributed by atoms with E-state index >= 15 is 0 Å². The van der Waals surface area contributed by atoms with Gasteiger partial charge < -0.3 is 0 Å². The van der Waals surface area contributed by atoms with Gasteiger partial charge in [-0.3, -0.25) is 4.55 Å². The maximum atomic E-state index is 12.8. The zero-order chi connectivity index (χ0) is 14.6. The van der Waals surface area contributed by atoms with Crippen molar-refractivity contribution in [3.8, 4) is 0 Å². The molecule has 0 amide bonds. The molecule has 0 saturated carbocycles. The van der Waals surface area contributed by atoms with Crippen molar-refractivity contribution in [3.05, 3.63) is 0 Å². The van der Waals surface area contributed by atoms with Gasteiger partial charge in [0.1, 0.15) is 0 Å². The highest BCUT2D eigenvalue weighted by atomic mass is 32.2. The maximum Gasteiger partial charge on any atom is 0.400 e. The summed E-state index contributed by atoms with van der Waals surface area (Å²) < 4.78 is 101. The Balaban J connectivity index is 4.03. The van der Waals surface area contributed by atoms with Crippen molar-refractivity contribution in [2.24, 2.45) is 0 Å². The molecule has 1 N–H and O–H groups in total. The molecule has 10 heteroatoms. The molecule has 0 heterocycles. The Kier molecular flexibility index (Phi) is 5.92. The first-order valence-electron chi connectivity index (χ1n) is 4.93. The Morgan fingerprint density at radius 3 is 1.89 bits per heavy atom. The minimum atomic E-state index is -5.86. The fourth-order valence-electron chi connectivity index (χ4n) is 1.16. The standard InChI is InChI=1S/C8H12F6O3S/c9-6(8(13,14)18(15,16)17)4-2-1-3-5-7(10,11)12/h6H,1-5H2,(H,15,16,17). The molecule has 0 aliphatic rings. The molecule has 3 nitrogen and oxygen atoms in total. The average molecular weight is 302 g/mol. The van der Waals surface area contributed by atoms with E-state index in [9.17, 15) is 34.8 Å². The summed E-state index contributed by atoms with van der Waals surface area (Å²) in [6.07, 6.45) is -10.4. The summed E-state index contributed by atoms with van der Waals surface area (Å²) in [7, 11) is -5.86. The van der Waals surface area contributed by atoms with Crippen LogP contribution >= 0.6 is 0 Å². The lowest BCUT2D eigenvalue weighted by Crippen LogP contribution is -2.38. The highest BCUT2D eigenvalue weighted by Crippen LogP contribution is 2.31. The number of rotatable bonds is 7. The van der Waals surface area contributed by atoms with Gasteiger partial charge in [-0.05, 0) is 12.8 Å². The minimum Gasteiger partial charge on any atom is -0.281 e. The van der Waals surface area contributed by atoms with Crippen molar-refractivity contribution in [2.75, 3.05) is 0 Å². The second kappa shape index (κ2) is 6.09. The lowest BCUT2D eigenvalue weighted by Gasteiger charge is -2.17. The first-order valence-corrected chi connectivity index (χ1v) is 6.37. The van der Waals surface area contributed by atoms with Gasteiger partial charge in [0, 0.05) is 6.42 Å². The molecule has 0 aliphatic carbocycles.